The summed E-state index contributed by atoms with van der Waals surface area (Å²) in [6, 6.07) is 24.1. The van der Waals surface area contributed by atoms with Gasteiger partial charge in [0, 0.05) is 55.6 Å². The van der Waals surface area contributed by atoms with Crippen LogP contribution in [0.2, 0.25) is 0 Å². The number of thioether (sulfide) groups is 1. The van der Waals surface area contributed by atoms with Crippen molar-refractivity contribution in [2.24, 2.45) is 9.98 Å². The summed E-state index contributed by atoms with van der Waals surface area (Å²) in [5, 5.41) is 3.25. The van der Waals surface area contributed by atoms with Gasteiger partial charge in [-0.15, -0.1) is 0 Å². The van der Waals surface area contributed by atoms with Crippen LogP contribution in [-0.4, -0.2) is 83.6 Å². The van der Waals surface area contributed by atoms with Gasteiger partial charge < -0.3 is 19.9 Å². The zero-order valence-electron chi connectivity index (χ0n) is 23.8. The number of carbonyl (C=O) groups is 3. The van der Waals surface area contributed by atoms with Crippen molar-refractivity contribution >= 4 is 57.5 Å². The van der Waals surface area contributed by atoms with Crippen LogP contribution < -0.4 is 15.0 Å². The maximum absolute atomic E-state index is 13.6. The van der Waals surface area contributed by atoms with Gasteiger partial charge in [0.25, 0.3) is 5.91 Å². The van der Waals surface area contributed by atoms with Crippen LogP contribution >= 0.6 is 11.8 Å². The van der Waals surface area contributed by atoms with Crippen LogP contribution in [0, 0.1) is 0 Å². The van der Waals surface area contributed by atoms with Gasteiger partial charge in [0.2, 0.25) is 11.8 Å². The standard InChI is InChI=1S/C32H32N6O4S/c1-42-24-11-7-8-22(20-24)33-28(39)21-43-32-35-26-13-6-5-12-25(26)30-34-27(31(41)38(30)32)14-15-29(40)37-18-16-36(17-19-37)23-9-3-2-4-10-23/h2-13,20,27H,14-19,21H2,1H3,(H,33,39). The van der Waals surface area contributed by atoms with E-state index in [-0.39, 0.29) is 29.9 Å². The molecule has 1 unspecified atom stereocenters. The number of rotatable bonds is 8. The molecule has 3 aliphatic rings. The van der Waals surface area contributed by atoms with Crippen LogP contribution in [0.1, 0.15) is 18.4 Å². The van der Waals surface area contributed by atoms with Crippen molar-refractivity contribution < 1.29 is 19.1 Å². The largest absolute Gasteiger partial charge is 0.497 e. The third kappa shape index (κ3) is 6.26. The molecule has 220 valence electrons. The Morgan fingerprint density at radius 3 is 2.53 bits per heavy atom. The van der Waals surface area contributed by atoms with Crippen molar-refractivity contribution in [1.82, 2.24) is 9.80 Å². The van der Waals surface area contributed by atoms with E-state index in [2.05, 4.69) is 22.3 Å². The van der Waals surface area contributed by atoms with E-state index in [1.165, 1.54) is 16.7 Å². The van der Waals surface area contributed by atoms with Gasteiger partial charge in [-0.3, -0.25) is 19.4 Å². The molecule has 43 heavy (non-hydrogen) atoms. The number of hydrogen-bond acceptors (Lipinski definition) is 8. The number of carbonyl (C=O) groups excluding carboxylic acids is 3. The van der Waals surface area contributed by atoms with Crippen molar-refractivity contribution in [3.63, 3.8) is 0 Å². The molecule has 1 fully saturated rings. The molecule has 0 aromatic heterocycles. The number of nitrogens with one attached hydrogen (secondary N) is 1. The smallest absolute Gasteiger partial charge is 0.259 e. The van der Waals surface area contributed by atoms with Crippen molar-refractivity contribution in [3.8, 4) is 5.75 Å². The lowest BCUT2D eigenvalue weighted by atomic mass is 10.1. The molecule has 0 saturated carbocycles. The Kier molecular flexibility index (Phi) is 8.41. The highest BCUT2D eigenvalue weighted by Gasteiger charge is 2.41. The summed E-state index contributed by atoms with van der Waals surface area (Å²) in [6.07, 6.45) is 0.545. The number of nitrogens with zero attached hydrogens (tertiary/aromatic N) is 5. The van der Waals surface area contributed by atoms with E-state index in [1.54, 1.807) is 31.4 Å². The summed E-state index contributed by atoms with van der Waals surface area (Å²) in [4.78, 5) is 54.6. The van der Waals surface area contributed by atoms with E-state index in [0.29, 0.717) is 47.6 Å². The van der Waals surface area contributed by atoms with E-state index < -0.39 is 6.04 Å². The van der Waals surface area contributed by atoms with Crippen LogP contribution in [0.3, 0.4) is 0 Å². The SMILES string of the molecule is COc1cccc(NC(=O)CSC2=Nc3ccccc3C3=NC(CCC(=O)N4CCN(c5ccccc5)CC4)C(=O)N23)c1. The fraction of sp³-hybridized carbons (Fsp3) is 0.281. The lowest BCUT2D eigenvalue weighted by Crippen LogP contribution is -2.49. The summed E-state index contributed by atoms with van der Waals surface area (Å²) in [6.45, 7) is 2.83. The Morgan fingerprint density at radius 2 is 1.74 bits per heavy atom. The molecule has 0 radical (unpaired) electrons. The quantitative estimate of drug-likeness (QED) is 0.419. The molecule has 3 heterocycles. The highest BCUT2D eigenvalue weighted by Crippen LogP contribution is 2.34. The van der Waals surface area contributed by atoms with Gasteiger partial charge in [0.15, 0.2) is 5.17 Å². The van der Waals surface area contributed by atoms with Crippen LogP contribution in [-0.2, 0) is 14.4 Å². The second kappa shape index (κ2) is 12.7. The van der Waals surface area contributed by atoms with Crippen molar-refractivity contribution in [2.45, 2.75) is 18.9 Å². The number of fused-ring (bicyclic) bond motifs is 3. The third-order valence-electron chi connectivity index (χ3n) is 7.62. The predicted octanol–water partition coefficient (Wildman–Crippen LogP) is 4.15. The molecule has 3 amide bonds. The summed E-state index contributed by atoms with van der Waals surface area (Å²) in [5.41, 5.74) is 3.22. The average Bonchev–Trinajstić information content (AvgIpc) is 3.39. The van der Waals surface area contributed by atoms with E-state index >= 15 is 0 Å². The zero-order valence-corrected chi connectivity index (χ0v) is 24.6. The average molecular weight is 597 g/mol. The van der Waals surface area contributed by atoms with Gasteiger partial charge in [-0.2, -0.15) is 0 Å². The van der Waals surface area contributed by atoms with Crippen molar-refractivity contribution in [1.29, 1.82) is 0 Å². The molecule has 11 heteroatoms. The molecule has 3 aliphatic heterocycles. The Bertz CT molecular complexity index is 1590. The van der Waals surface area contributed by atoms with Gasteiger partial charge in [-0.05, 0) is 42.8 Å². The predicted molar refractivity (Wildman–Crippen MR) is 169 cm³/mol. The van der Waals surface area contributed by atoms with Crippen LogP contribution in [0.15, 0.2) is 88.8 Å². The number of para-hydroxylation sites is 2. The van der Waals surface area contributed by atoms with Crippen LogP contribution in [0.5, 0.6) is 5.75 Å². The number of amides is 3. The normalized spacial score (nSPS) is 17.6. The topological polar surface area (TPSA) is 107 Å². The molecule has 0 spiro atoms. The van der Waals surface area contributed by atoms with Crippen molar-refractivity contribution in [2.75, 3.05) is 49.3 Å². The number of benzene rings is 3. The van der Waals surface area contributed by atoms with Crippen molar-refractivity contribution in [3.05, 3.63) is 84.4 Å². The first-order valence-corrected chi connectivity index (χ1v) is 15.2. The van der Waals surface area contributed by atoms with Gasteiger partial charge in [0.1, 0.15) is 17.6 Å². The highest BCUT2D eigenvalue weighted by atomic mass is 32.2. The maximum Gasteiger partial charge on any atom is 0.259 e. The number of methoxy groups -OCH3 is 1. The van der Waals surface area contributed by atoms with Crippen LogP contribution in [0.25, 0.3) is 0 Å². The number of anilines is 2. The van der Waals surface area contributed by atoms with E-state index in [4.69, 9.17) is 14.7 Å². The zero-order chi connectivity index (χ0) is 29.8. The monoisotopic (exact) mass is 596 g/mol. The molecular formula is C32H32N6O4S. The molecular weight excluding hydrogens is 564 g/mol. The number of aliphatic imine (C=N–C) groups is 2. The molecule has 1 atom stereocenters. The second-order valence-corrected chi connectivity index (χ2v) is 11.3. The third-order valence-corrected chi connectivity index (χ3v) is 8.56. The first-order chi connectivity index (χ1) is 21.0. The molecule has 1 N–H and O–H groups in total. The molecule has 3 aromatic rings. The maximum atomic E-state index is 13.6. The Balaban J connectivity index is 1.08. The number of ether oxygens (including phenoxy) is 1. The Morgan fingerprint density at radius 1 is 0.977 bits per heavy atom. The minimum Gasteiger partial charge on any atom is -0.497 e. The summed E-state index contributed by atoms with van der Waals surface area (Å²) in [5.74, 6) is 0.767. The summed E-state index contributed by atoms with van der Waals surface area (Å²) < 4.78 is 5.23. The molecule has 1 saturated heterocycles. The number of amidine groups is 2. The Hall–Kier alpha value is -4.64. The lowest BCUT2D eigenvalue weighted by Gasteiger charge is -2.36. The number of hydrogen-bond donors (Lipinski definition) is 1. The molecule has 10 nitrogen and oxygen atoms in total. The van der Waals surface area contributed by atoms with Gasteiger partial charge in [-0.1, -0.05) is 48.2 Å². The van der Waals surface area contributed by atoms with Gasteiger partial charge in [0.05, 0.1) is 18.6 Å². The lowest BCUT2D eigenvalue weighted by molar-refractivity contribution is -0.132. The first-order valence-electron chi connectivity index (χ1n) is 14.2. The first kappa shape index (κ1) is 28.5. The Labute approximate surface area is 254 Å². The molecule has 6 rings (SSSR count). The molecule has 3 aromatic carbocycles. The fourth-order valence-corrected chi connectivity index (χ4v) is 6.19. The summed E-state index contributed by atoms with van der Waals surface area (Å²) >= 11 is 1.18. The van der Waals surface area contributed by atoms with E-state index in [9.17, 15) is 14.4 Å². The minimum atomic E-state index is -0.688. The number of piperazine rings is 1. The molecule has 0 bridgehead atoms. The fourth-order valence-electron chi connectivity index (χ4n) is 5.39. The summed E-state index contributed by atoms with van der Waals surface area (Å²) in [7, 11) is 1.57. The highest BCUT2D eigenvalue weighted by molar-refractivity contribution is 8.14. The molecule has 0 aliphatic carbocycles. The second-order valence-electron chi connectivity index (χ2n) is 10.4. The van der Waals surface area contributed by atoms with E-state index in [0.717, 1.165) is 24.3 Å². The minimum absolute atomic E-state index is 0.0310. The van der Waals surface area contributed by atoms with Gasteiger partial charge in [-0.25, -0.2) is 9.89 Å². The van der Waals surface area contributed by atoms with Gasteiger partial charge >= 0.3 is 0 Å². The van der Waals surface area contributed by atoms with Crippen LogP contribution in [0.4, 0.5) is 17.1 Å². The van der Waals surface area contributed by atoms with E-state index in [1.807, 2.05) is 47.4 Å².